The third kappa shape index (κ3) is 6.39. The Balaban J connectivity index is 2.13. The fourth-order valence-corrected chi connectivity index (χ4v) is 3.42. The summed E-state index contributed by atoms with van der Waals surface area (Å²) in [7, 11) is 0. The molecule has 2 aromatic rings. The zero-order chi connectivity index (χ0) is 21.6. The standard InChI is InChI=1S/C19H22N4O5S/c1-5-23(13(4)26)19-22-17(10-29-19)9-28-18(27)14-6-15(20-11(2)24)8-16(7-14)21-12(3)25/h6-8,10H,5,9H2,1-4H3,(H,20,24)(H,21,25). The molecule has 0 atom stereocenters. The molecule has 0 fully saturated rings. The smallest absolute Gasteiger partial charge is 0.338 e. The molecule has 3 amide bonds. The Hall–Kier alpha value is -3.27. The van der Waals surface area contributed by atoms with E-state index in [-0.39, 0.29) is 29.9 Å². The van der Waals surface area contributed by atoms with Crippen molar-refractivity contribution in [1.29, 1.82) is 0 Å². The molecule has 9 nitrogen and oxygen atoms in total. The van der Waals surface area contributed by atoms with Gasteiger partial charge in [0, 0.05) is 44.1 Å². The fraction of sp³-hybridized carbons (Fsp3) is 0.316. The largest absolute Gasteiger partial charge is 0.456 e. The molecule has 2 N–H and O–H groups in total. The van der Waals surface area contributed by atoms with E-state index in [1.165, 1.54) is 55.2 Å². The Labute approximate surface area is 172 Å². The zero-order valence-electron chi connectivity index (χ0n) is 16.6. The number of carbonyl (C=O) groups is 4. The van der Waals surface area contributed by atoms with Gasteiger partial charge in [-0.3, -0.25) is 19.3 Å². The number of thiazole rings is 1. The van der Waals surface area contributed by atoms with Crippen molar-refractivity contribution in [1.82, 2.24) is 4.98 Å². The van der Waals surface area contributed by atoms with Gasteiger partial charge in [0.25, 0.3) is 0 Å². The van der Waals surface area contributed by atoms with Crippen molar-refractivity contribution >= 4 is 51.5 Å². The number of nitrogens with zero attached hydrogens (tertiary/aromatic N) is 2. The van der Waals surface area contributed by atoms with E-state index in [1.54, 1.807) is 5.38 Å². The number of carbonyl (C=O) groups excluding carboxylic acids is 4. The van der Waals surface area contributed by atoms with Gasteiger partial charge < -0.3 is 15.4 Å². The monoisotopic (exact) mass is 418 g/mol. The van der Waals surface area contributed by atoms with Crippen molar-refractivity contribution in [3.8, 4) is 0 Å². The number of nitrogens with one attached hydrogen (secondary N) is 2. The van der Waals surface area contributed by atoms with E-state index in [0.717, 1.165) is 0 Å². The minimum Gasteiger partial charge on any atom is -0.456 e. The lowest BCUT2D eigenvalue weighted by molar-refractivity contribution is -0.116. The Bertz CT molecular complexity index is 906. The van der Waals surface area contributed by atoms with E-state index < -0.39 is 5.97 Å². The minimum absolute atomic E-state index is 0.0787. The third-order valence-corrected chi connectivity index (χ3v) is 4.54. The minimum atomic E-state index is -0.641. The Kier molecular flexibility index (Phi) is 7.43. The topological polar surface area (TPSA) is 118 Å². The molecule has 0 aliphatic rings. The van der Waals surface area contributed by atoms with Crippen LogP contribution in [0.15, 0.2) is 23.6 Å². The summed E-state index contributed by atoms with van der Waals surface area (Å²) in [6, 6.07) is 4.44. The van der Waals surface area contributed by atoms with Gasteiger partial charge in [0.15, 0.2) is 5.13 Å². The number of ether oxygens (including phenoxy) is 1. The average molecular weight is 418 g/mol. The summed E-state index contributed by atoms with van der Waals surface area (Å²) in [5.41, 5.74) is 1.38. The van der Waals surface area contributed by atoms with E-state index in [4.69, 9.17) is 4.74 Å². The first-order valence-corrected chi connectivity index (χ1v) is 9.67. The SMILES string of the molecule is CCN(C(C)=O)c1nc(COC(=O)c2cc(NC(C)=O)cc(NC(C)=O)c2)cs1. The maximum atomic E-state index is 12.5. The number of amides is 3. The number of hydrogen-bond acceptors (Lipinski definition) is 7. The summed E-state index contributed by atoms with van der Waals surface area (Å²) in [5, 5.41) is 7.40. The van der Waals surface area contributed by atoms with Crippen LogP contribution in [0.3, 0.4) is 0 Å². The number of hydrogen-bond donors (Lipinski definition) is 2. The summed E-state index contributed by atoms with van der Waals surface area (Å²) < 4.78 is 5.30. The predicted octanol–water partition coefficient (Wildman–Crippen LogP) is 2.79. The third-order valence-electron chi connectivity index (χ3n) is 3.63. The van der Waals surface area contributed by atoms with Crippen molar-refractivity contribution in [3.05, 3.63) is 34.8 Å². The van der Waals surface area contributed by atoms with Crippen LogP contribution in [0.2, 0.25) is 0 Å². The van der Waals surface area contributed by atoms with Gasteiger partial charge in [-0.15, -0.1) is 11.3 Å². The molecule has 0 aliphatic heterocycles. The van der Waals surface area contributed by atoms with Crippen molar-refractivity contribution in [2.24, 2.45) is 0 Å². The molecule has 0 unspecified atom stereocenters. The molecule has 2 rings (SSSR count). The highest BCUT2D eigenvalue weighted by Gasteiger charge is 2.16. The lowest BCUT2D eigenvalue weighted by atomic mass is 10.1. The van der Waals surface area contributed by atoms with E-state index >= 15 is 0 Å². The molecule has 0 saturated heterocycles. The maximum absolute atomic E-state index is 12.5. The molecule has 10 heteroatoms. The van der Waals surface area contributed by atoms with Crippen LogP contribution in [0, 0.1) is 0 Å². The summed E-state index contributed by atoms with van der Waals surface area (Å²) >= 11 is 1.28. The highest BCUT2D eigenvalue weighted by atomic mass is 32.1. The molecule has 1 aromatic carbocycles. The lowest BCUT2D eigenvalue weighted by Crippen LogP contribution is -2.27. The average Bonchev–Trinajstić information content (AvgIpc) is 3.07. The van der Waals surface area contributed by atoms with E-state index in [0.29, 0.717) is 28.7 Å². The molecule has 1 heterocycles. The molecule has 0 radical (unpaired) electrons. The van der Waals surface area contributed by atoms with E-state index in [9.17, 15) is 19.2 Å². The van der Waals surface area contributed by atoms with Crippen LogP contribution < -0.4 is 15.5 Å². The molecule has 0 bridgehead atoms. The lowest BCUT2D eigenvalue weighted by Gasteiger charge is -2.14. The second-order valence-electron chi connectivity index (χ2n) is 6.12. The summed E-state index contributed by atoms with van der Waals surface area (Å²) in [5.74, 6) is -1.39. The Morgan fingerprint density at radius 1 is 1.03 bits per heavy atom. The van der Waals surface area contributed by atoms with Gasteiger partial charge in [-0.2, -0.15) is 0 Å². The first-order valence-electron chi connectivity index (χ1n) is 8.79. The van der Waals surface area contributed by atoms with Crippen molar-refractivity contribution in [2.45, 2.75) is 34.3 Å². The van der Waals surface area contributed by atoms with Crippen molar-refractivity contribution in [2.75, 3.05) is 22.1 Å². The normalized spacial score (nSPS) is 10.2. The number of rotatable bonds is 7. The molecule has 0 aliphatic carbocycles. The summed E-state index contributed by atoms with van der Waals surface area (Å²) in [4.78, 5) is 52.5. The van der Waals surface area contributed by atoms with Crippen molar-refractivity contribution in [3.63, 3.8) is 0 Å². The van der Waals surface area contributed by atoms with Crippen LogP contribution in [0.4, 0.5) is 16.5 Å². The molecule has 0 spiro atoms. The molecular formula is C19H22N4O5S. The molecule has 154 valence electrons. The zero-order valence-corrected chi connectivity index (χ0v) is 17.4. The highest BCUT2D eigenvalue weighted by Crippen LogP contribution is 2.23. The van der Waals surface area contributed by atoms with Gasteiger partial charge in [0.1, 0.15) is 6.61 Å². The molecule has 1 aromatic heterocycles. The van der Waals surface area contributed by atoms with Crippen molar-refractivity contribution < 1.29 is 23.9 Å². The van der Waals surface area contributed by atoms with Gasteiger partial charge in [-0.1, -0.05) is 0 Å². The van der Waals surface area contributed by atoms with Gasteiger partial charge >= 0.3 is 5.97 Å². The second-order valence-corrected chi connectivity index (χ2v) is 6.96. The first kappa shape index (κ1) is 22.0. The molecule has 29 heavy (non-hydrogen) atoms. The highest BCUT2D eigenvalue weighted by molar-refractivity contribution is 7.14. The molecule has 0 saturated carbocycles. The number of aromatic nitrogens is 1. The number of esters is 1. The van der Waals surface area contributed by atoms with Crippen LogP contribution >= 0.6 is 11.3 Å². The quantitative estimate of drug-likeness (QED) is 0.668. The van der Waals surface area contributed by atoms with Crippen LogP contribution in [-0.4, -0.2) is 35.2 Å². The predicted molar refractivity (Wildman–Crippen MR) is 110 cm³/mol. The second kappa shape index (κ2) is 9.78. The molecular weight excluding hydrogens is 396 g/mol. The van der Waals surface area contributed by atoms with Crippen LogP contribution in [-0.2, 0) is 25.7 Å². The summed E-state index contributed by atoms with van der Waals surface area (Å²) in [6.45, 7) is 6.39. The van der Waals surface area contributed by atoms with E-state index in [2.05, 4.69) is 15.6 Å². The van der Waals surface area contributed by atoms with Gasteiger partial charge in [0.2, 0.25) is 17.7 Å². The van der Waals surface area contributed by atoms with Crippen LogP contribution in [0.5, 0.6) is 0 Å². The van der Waals surface area contributed by atoms with Crippen LogP contribution in [0.25, 0.3) is 0 Å². The summed E-state index contributed by atoms with van der Waals surface area (Å²) in [6.07, 6.45) is 0. The van der Waals surface area contributed by atoms with Gasteiger partial charge in [-0.25, -0.2) is 9.78 Å². The number of benzene rings is 1. The first-order chi connectivity index (χ1) is 13.7. The van der Waals surface area contributed by atoms with Crippen LogP contribution in [0.1, 0.15) is 43.7 Å². The fourth-order valence-electron chi connectivity index (χ4n) is 2.50. The Morgan fingerprint density at radius 2 is 1.62 bits per heavy atom. The van der Waals surface area contributed by atoms with E-state index in [1.807, 2.05) is 6.92 Å². The van der Waals surface area contributed by atoms with Gasteiger partial charge in [0.05, 0.1) is 11.3 Å². The maximum Gasteiger partial charge on any atom is 0.338 e. The van der Waals surface area contributed by atoms with Gasteiger partial charge in [-0.05, 0) is 25.1 Å². The number of anilines is 3. The Morgan fingerprint density at radius 3 is 2.10 bits per heavy atom.